The predicted octanol–water partition coefficient (Wildman–Crippen LogP) is 2.56. The smallest absolute Gasteiger partial charge is 0.315 e. The van der Waals surface area contributed by atoms with E-state index in [1.165, 1.54) is 11.1 Å². The molecule has 0 amide bonds. The van der Waals surface area contributed by atoms with Crippen LogP contribution in [0.4, 0.5) is 0 Å². The quantitative estimate of drug-likeness (QED) is 0.701. The van der Waals surface area contributed by atoms with Crippen LogP contribution >= 0.6 is 0 Å². The predicted molar refractivity (Wildman–Crippen MR) is 78.4 cm³/mol. The molecule has 0 radical (unpaired) electrons. The number of para-hydroxylation sites is 1. The molecule has 2 atom stereocenters. The van der Waals surface area contributed by atoms with Gasteiger partial charge in [-0.05, 0) is 6.07 Å². The summed E-state index contributed by atoms with van der Waals surface area (Å²) in [7, 11) is 0. The Morgan fingerprint density at radius 3 is 2.89 bits per heavy atom. The molecule has 1 aromatic rings. The van der Waals surface area contributed by atoms with E-state index in [0.717, 1.165) is 17.2 Å². The number of nitrogens with zero attached hydrogens (tertiary/aromatic N) is 1. The molecule has 0 spiro atoms. The number of benzene rings is 1. The minimum absolute atomic E-state index is 0.0664. The lowest BCUT2D eigenvalue weighted by Gasteiger charge is -2.19. The minimum atomic E-state index is 0.0664. The highest BCUT2D eigenvalue weighted by Gasteiger charge is 2.41. The summed E-state index contributed by atoms with van der Waals surface area (Å²) in [6.45, 7) is 2.02. The molecule has 2 nitrogen and oxygen atoms in total. The molecule has 0 saturated carbocycles. The van der Waals surface area contributed by atoms with Crippen molar-refractivity contribution in [2.45, 2.75) is 13.0 Å². The molecule has 2 heterocycles. The zero-order valence-corrected chi connectivity index (χ0v) is 10.7. The molecular formula is C17H14NO+. The molecule has 0 bridgehead atoms. The highest BCUT2D eigenvalue weighted by atomic mass is 16.5. The van der Waals surface area contributed by atoms with Crippen LogP contribution in [-0.4, -0.2) is 17.5 Å². The third-order valence-corrected chi connectivity index (χ3v) is 3.82. The summed E-state index contributed by atoms with van der Waals surface area (Å²) < 4.78 is 10.7. The highest BCUT2D eigenvalue weighted by Crippen LogP contribution is 2.42. The van der Waals surface area contributed by atoms with Gasteiger partial charge < -0.3 is 4.74 Å². The second-order valence-electron chi connectivity index (χ2n) is 5.08. The molecule has 1 aliphatic carbocycles. The van der Waals surface area contributed by atoms with Crippen LogP contribution in [0.25, 0.3) is 5.57 Å². The van der Waals surface area contributed by atoms with Crippen LogP contribution in [0.1, 0.15) is 12.5 Å². The van der Waals surface area contributed by atoms with E-state index in [0.29, 0.717) is 0 Å². The van der Waals surface area contributed by atoms with Gasteiger partial charge in [-0.2, -0.15) is 0 Å². The van der Waals surface area contributed by atoms with E-state index in [1.54, 1.807) is 0 Å². The third-order valence-electron chi connectivity index (χ3n) is 3.82. The Labute approximate surface area is 112 Å². The van der Waals surface area contributed by atoms with Gasteiger partial charge in [-0.1, -0.05) is 41.1 Å². The maximum absolute atomic E-state index is 6.13. The van der Waals surface area contributed by atoms with E-state index >= 15 is 0 Å². The Hall–Kier alpha value is -2.31. The van der Waals surface area contributed by atoms with Gasteiger partial charge in [-0.25, -0.2) is 0 Å². The first-order valence-electron chi connectivity index (χ1n) is 6.57. The van der Waals surface area contributed by atoms with Crippen LogP contribution in [0.15, 0.2) is 54.6 Å². The molecule has 0 saturated heterocycles. The maximum atomic E-state index is 6.13. The van der Waals surface area contributed by atoms with Gasteiger partial charge >= 0.3 is 11.4 Å². The molecule has 4 rings (SSSR count). The summed E-state index contributed by atoms with van der Waals surface area (Å²) in [6.07, 6.45) is 10.7. The van der Waals surface area contributed by atoms with Crippen LogP contribution in [-0.2, 0) is 0 Å². The molecular weight excluding hydrogens is 234 g/mol. The number of hydrogen-bond acceptors (Lipinski definition) is 1. The lowest BCUT2D eigenvalue weighted by Crippen LogP contribution is -2.31. The van der Waals surface area contributed by atoms with E-state index in [9.17, 15) is 0 Å². The summed E-state index contributed by atoms with van der Waals surface area (Å²) in [4.78, 5) is 0. The van der Waals surface area contributed by atoms with Crippen LogP contribution in [0.2, 0.25) is 0 Å². The van der Waals surface area contributed by atoms with E-state index < -0.39 is 0 Å². The molecule has 0 N–H and O–H groups in total. The van der Waals surface area contributed by atoms with Gasteiger partial charge in [0.1, 0.15) is 17.8 Å². The van der Waals surface area contributed by atoms with Gasteiger partial charge in [0, 0.05) is 30.2 Å². The van der Waals surface area contributed by atoms with Crippen LogP contribution in [0, 0.1) is 5.92 Å². The Bertz CT molecular complexity index is 715. The average Bonchev–Trinajstić information content (AvgIpc) is 3.02. The van der Waals surface area contributed by atoms with Crippen molar-refractivity contribution in [2.24, 2.45) is 5.92 Å². The zero-order valence-electron chi connectivity index (χ0n) is 10.7. The third kappa shape index (κ3) is 1.54. The number of rotatable bonds is 1. The fourth-order valence-corrected chi connectivity index (χ4v) is 2.92. The molecule has 0 fully saturated rings. The fourth-order valence-electron chi connectivity index (χ4n) is 2.92. The Morgan fingerprint density at radius 2 is 2.05 bits per heavy atom. The number of ether oxygens (including phenoxy) is 1. The van der Waals surface area contributed by atoms with E-state index in [4.69, 9.17) is 4.74 Å². The standard InChI is InChI=1S/C17H14NO/c1-11-9-10-15(18-11)14-7-4-6-13-12-5-2-3-8-16(12)19-17(13)14/h2-10,14,17H,1H3/q+1. The highest BCUT2D eigenvalue weighted by molar-refractivity contribution is 6.12. The summed E-state index contributed by atoms with van der Waals surface area (Å²) in [5, 5.41) is 0. The first-order chi connectivity index (χ1) is 9.33. The number of allylic oxidation sites excluding steroid dienone is 4. The van der Waals surface area contributed by atoms with E-state index in [-0.39, 0.29) is 12.0 Å². The van der Waals surface area contributed by atoms with E-state index in [2.05, 4.69) is 47.2 Å². The number of fused-ring (bicyclic) bond motifs is 3. The van der Waals surface area contributed by atoms with Crippen molar-refractivity contribution in [3.63, 3.8) is 0 Å². The molecule has 92 valence electrons. The van der Waals surface area contributed by atoms with Gasteiger partial charge in [0.15, 0.2) is 0 Å². The molecule has 2 aliphatic heterocycles. The lowest BCUT2D eigenvalue weighted by atomic mass is 9.85. The van der Waals surface area contributed by atoms with Crippen molar-refractivity contribution in [2.75, 3.05) is 0 Å². The van der Waals surface area contributed by atoms with Crippen molar-refractivity contribution < 1.29 is 4.74 Å². The monoisotopic (exact) mass is 248 g/mol. The van der Waals surface area contributed by atoms with Gasteiger partial charge in [0.05, 0.1) is 0 Å². The van der Waals surface area contributed by atoms with Crippen molar-refractivity contribution >= 4 is 17.0 Å². The molecule has 0 aromatic heterocycles. The summed E-state index contributed by atoms with van der Waals surface area (Å²) in [6, 6.07) is 8.24. The van der Waals surface area contributed by atoms with Crippen molar-refractivity contribution in [1.82, 2.24) is 4.67 Å². The summed E-state index contributed by atoms with van der Waals surface area (Å²) in [5.74, 6) is 1.19. The fraction of sp³-hybridized carbons (Fsp3) is 0.176. The normalized spacial score (nSPS) is 26.3. The molecule has 2 heteroatoms. The topological polar surface area (TPSA) is 23.3 Å². The number of hydrogen-bond donors (Lipinski definition) is 0. The Balaban J connectivity index is 1.79. The largest absolute Gasteiger partial charge is 0.484 e. The first kappa shape index (κ1) is 10.6. The Morgan fingerprint density at radius 1 is 1.16 bits per heavy atom. The van der Waals surface area contributed by atoms with Crippen molar-refractivity contribution in [3.05, 3.63) is 60.2 Å². The first-order valence-corrected chi connectivity index (χ1v) is 6.57. The van der Waals surface area contributed by atoms with Gasteiger partial charge in [-0.3, -0.25) is 0 Å². The lowest BCUT2D eigenvalue weighted by molar-refractivity contribution is 0.256. The average molecular weight is 248 g/mol. The molecule has 1 aromatic carbocycles. The second kappa shape index (κ2) is 3.84. The maximum Gasteiger partial charge on any atom is 0.315 e. The second-order valence-corrected chi connectivity index (χ2v) is 5.08. The van der Waals surface area contributed by atoms with Crippen LogP contribution in [0.5, 0.6) is 5.75 Å². The summed E-state index contributed by atoms with van der Waals surface area (Å²) in [5.41, 5.74) is 4.64. The van der Waals surface area contributed by atoms with Crippen molar-refractivity contribution in [3.8, 4) is 5.75 Å². The van der Waals surface area contributed by atoms with Gasteiger partial charge in [0.25, 0.3) is 0 Å². The van der Waals surface area contributed by atoms with Gasteiger partial charge in [-0.15, -0.1) is 0 Å². The molecule has 2 unspecified atom stereocenters. The SMILES string of the molecule is CC1=[N+]=C(C2C=CC=C3c4ccccc4OC32)C=C1. The van der Waals surface area contributed by atoms with Crippen LogP contribution in [0.3, 0.4) is 0 Å². The summed E-state index contributed by atoms with van der Waals surface area (Å²) >= 11 is 0. The van der Waals surface area contributed by atoms with Gasteiger partial charge in [0.2, 0.25) is 0 Å². The zero-order chi connectivity index (χ0) is 12.8. The van der Waals surface area contributed by atoms with Crippen molar-refractivity contribution in [1.29, 1.82) is 0 Å². The minimum Gasteiger partial charge on any atom is -0.484 e. The molecule has 19 heavy (non-hydrogen) atoms. The molecule has 3 aliphatic rings. The van der Waals surface area contributed by atoms with Crippen LogP contribution < -0.4 is 9.40 Å². The Kier molecular flexibility index (Phi) is 2.14. The van der Waals surface area contributed by atoms with E-state index in [1.807, 2.05) is 19.1 Å².